The molecule has 2 rings (SSSR count). The Morgan fingerprint density at radius 2 is 1.78 bits per heavy atom. The Labute approximate surface area is 107 Å². The van der Waals surface area contributed by atoms with Gasteiger partial charge in [0, 0.05) is 5.56 Å². The molecule has 1 heterocycles. The summed E-state index contributed by atoms with van der Waals surface area (Å²) in [4.78, 5) is 5.67. The third-order valence-corrected chi connectivity index (χ3v) is 2.27. The Morgan fingerprint density at radius 1 is 1.22 bits per heavy atom. The molecule has 100 valence electrons. The molecule has 1 unspecified atom stereocenters. The van der Waals surface area contributed by atoms with Gasteiger partial charge in [-0.3, -0.25) is 4.84 Å². The molecule has 0 N–H and O–H groups in total. The fraction of sp³-hybridized carbons (Fsp3) is 0.364. The highest BCUT2D eigenvalue weighted by Gasteiger charge is 2.25. The van der Waals surface area contributed by atoms with Gasteiger partial charge in [-0.25, -0.2) is 18.6 Å². The fourth-order valence-corrected chi connectivity index (χ4v) is 1.53. The summed E-state index contributed by atoms with van der Waals surface area (Å²) in [6.07, 6.45) is 3.32. The van der Waals surface area contributed by atoms with Crippen molar-refractivity contribution >= 4 is 6.21 Å². The van der Waals surface area contributed by atoms with E-state index in [9.17, 15) is 0 Å². The van der Waals surface area contributed by atoms with Crippen LogP contribution in [0.25, 0.3) is 0 Å². The number of hydroxylamine groups is 1. The van der Waals surface area contributed by atoms with E-state index >= 15 is 0 Å². The summed E-state index contributed by atoms with van der Waals surface area (Å²) in [6.45, 7) is 3.01. The van der Waals surface area contributed by atoms with Crippen LogP contribution < -0.4 is 18.6 Å². The van der Waals surface area contributed by atoms with E-state index in [4.69, 9.17) is 23.5 Å². The van der Waals surface area contributed by atoms with E-state index in [-0.39, 0.29) is 6.10 Å². The number of halogens is 1. The maximum absolute atomic E-state index is 8.49. The lowest BCUT2D eigenvalue weighted by atomic mass is 10.1. The predicted molar refractivity (Wildman–Crippen MR) is 51.8 cm³/mol. The summed E-state index contributed by atoms with van der Waals surface area (Å²) in [5.41, 5.74) is 1.26. The third-order valence-electron chi connectivity index (χ3n) is 2.27. The molecule has 0 amide bonds. The van der Waals surface area contributed by atoms with Crippen LogP contribution in [0.3, 0.4) is 0 Å². The van der Waals surface area contributed by atoms with E-state index in [1.54, 1.807) is 0 Å². The molecule has 0 saturated heterocycles. The van der Waals surface area contributed by atoms with Crippen LogP contribution in [0, 0.1) is 10.2 Å². The van der Waals surface area contributed by atoms with Crippen molar-refractivity contribution in [1.82, 2.24) is 0 Å². The normalized spacial score (nSPS) is 18.5. The zero-order chi connectivity index (χ0) is 13.6. The smallest absolute Gasteiger partial charge is 0.204 e. The first-order valence-electron chi connectivity index (χ1n) is 5.33. The van der Waals surface area contributed by atoms with Gasteiger partial charge in [-0.1, -0.05) is 30.3 Å². The van der Waals surface area contributed by atoms with Crippen molar-refractivity contribution in [2.24, 2.45) is 0 Å². The van der Waals surface area contributed by atoms with Crippen LogP contribution in [-0.4, -0.2) is 17.5 Å². The van der Waals surface area contributed by atoms with Crippen molar-refractivity contribution in [1.29, 1.82) is 0 Å². The standard InChI is InChI=1S/C11H14NO.ClHO4/c1-2-12-9-8-11(13-12)10-6-4-3-5-7-10;2-1(3,4)5/h3-7,9,11H,2,8H2,1H3;(H,2,3,4,5)/q+1;/p-1. The van der Waals surface area contributed by atoms with Crippen LogP contribution in [-0.2, 0) is 4.84 Å². The summed E-state index contributed by atoms with van der Waals surface area (Å²) in [6, 6.07) is 10.3. The second-order valence-electron chi connectivity index (χ2n) is 3.53. The molecule has 0 aliphatic carbocycles. The minimum absolute atomic E-state index is 0.223. The minimum atomic E-state index is -4.94. The minimum Gasteiger partial charge on any atom is -0.269 e. The first-order valence-corrected chi connectivity index (χ1v) is 6.57. The maximum Gasteiger partial charge on any atom is 0.204 e. The molecule has 0 saturated carbocycles. The average molecular weight is 276 g/mol. The summed E-state index contributed by atoms with van der Waals surface area (Å²) >= 11 is 0. The van der Waals surface area contributed by atoms with E-state index < -0.39 is 10.2 Å². The van der Waals surface area contributed by atoms with Crippen LogP contribution in [0.1, 0.15) is 25.0 Å². The second-order valence-corrected chi connectivity index (χ2v) is 4.29. The third kappa shape index (κ3) is 5.95. The zero-order valence-electron chi connectivity index (χ0n) is 9.82. The molecule has 0 fully saturated rings. The Hall–Kier alpha value is -1.18. The molecule has 1 aromatic rings. The lowest BCUT2D eigenvalue weighted by molar-refractivity contribution is -2.00. The fourth-order valence-electron chi connectivity index (χ4n) is 1.53. The molecule has 1 aliphatic rings. The summed E-state index contributed by atoms with van der Waals surface area (Å²) in [7, 11) is -4.94. The molecule has 7 heteroatoms. The average Bonchev–Trinajstić information content (AvgIpc) is 2.76. The Morgan fingerprint density at radius 3 is 2.22 bits per heavy atom. The van der Waals surface area contributed by atoms with Crippen LogP contribution >= 0.6 is 0 Å². The van der Waals surface area contributed by atoms with Gasteiger partial charge in [0.05, 0.1) is 6.42 Å². The highest BCUT2D eigenvalue weighted by atomic mass is 35.7. The van der Waals surface area contributed by atoms with Crippen LogP contribution in [0.15, 0.2) is 30.3 Å². The van der Waals surface area contributed by atoms with Crippen LogP contribution in [0.5, 0.6) is 0 Å². The van der Waals surface area contributed by atoms with E-state index in [1.807, 2.05) is 22.9 Å². The highest BCUT2D eigenvalue weighted by molar-refractivity contribution is 5.53. The van der Waals surface area contributed by atoms with Gasteiger partial charge in [0.15, 0.2) is 12.8 Å². The number of nitrogens with zero attached hydrogens (tertiary/aromatic N) is 1. The van der Waals surface area contributed by atoms with Crippen molar-refractivity contribution in [3.05, 3.63) is 35.9 Å². The summed E-state index contributed by atoms with van der Waals surface area (Å²) in [5.74, 6) is 0. The van der Waals surface area contributed by atoms with Crippen molar-refractivity contribution in [2.45, 2.75) is 19.4 Å². The van der Waals surface area contributed by atoms with Crippen LogP contribution in [0.4, 0.5) is 0 Å². The first-order chi connectivity index (χ1) is 8.40. The number of hydrogen-bond acceptors (Lipinski definition) is 5. The monoisotopic (exact) mass is 275 g/mol. The Kier molecular flexibility index (Phi) is 5.52. The van der Waals surface area contributed by atoms with Gasteiger partial charge < -0.3 is 0 Å². The SMILES string of the molecule is CC[N+]1=CCC(c2ccccc2)O1.[O-][Cl+3]([O-])([O-])[O-]. The van der Waals surface area contributed by atoms with E-state index in [0.717, 1.165) is 13.0 Å². The largest absolute Gasteiger partial charge is 0.269 e. The molecule has 18 heavy (non-hydrogen) atoms. The van der Waals surface area contributed by atoms with Gasteiger partial charge in [0.25, 0.3) is 0 Å². The lowest BCUT2D eigenvalue weighted by Gasteiger charge is -2.17. The molecular weight excluding hydrogens is 262 g/mol. The van der Waals surface area contributed by atoms with Crippen molar-refractivity contribution in [3.8, 4) is 0 Å². The molecule has 1 atom stereocenters. The van der Waals surface area contributed by atoms with Gasteiger partial charge in [0.2, 0.25) is 6.10 Å². The number of benzene rings is 1. The van der Waals surface area contributed by atoms with Gasteiger partial charge in [0.1, 0.15) is 0 Å². The Bertz CT molecular complexity index is 384. The second kappa shape index (κ2) is 6.67. The molecule has 0 radical (unpaired) electrons. The Balaban J connectivity index is 0.000000280. The van der Waals surface area contributed by atoms with Gasteiger partial charge in [-0.2, -0.15) is 0 Å². The summed E-state index contributed by atoms with van der Waals surface area (Å²) in [5, 5.41) is 0. The first kappa shape index (κ1) is 14.9. The molecular formula is C11H14ClNO5. The molecule has 6 nitrogen and oxygen atoms in total. The molecule has 0 spiro atoms. The van der Waals surface area contributed by atoms with E-state index in [1.165, 1.54) is 5.56 Å². The van der Waals surface area contributed by atoms with Crippen molar-refractivity contribution < 1.29 is 38.5 Å². The maximum atomic E-state index is 8.49. The predicted octanol–water partition coefficient (Wildman–Crippen LogP) is -2.59. The quantitative estimate of drug-likeness (QED) is 0.551. The number of hydrogen-bond donors (Lipinski definition) is 0. The topological polar surface area (TPSA) is 104 Å². The lowest BCUT2D eigenvalue weighted by Crippen LogP contribution is -2.68. The zero-order valence-corrected chi connectivity index (χ0v) is 10.6. The molecule has 0 aromatic heterocycles. The van der Waals surface area contributed by atoms with Crippen LogP contribution in [0.2, 0.25) is 0 Å². The molecule has 1 aromatic carbocycles. The van der Waals surface area contributed by atoms with E-state index in [0.29, 0.717) is 0 Å². The highest BCUT2D eigenvalue weighted by Crippen LogP contribution is 2.23. The van der Waals surface area contributed by atoms with Crippen molar-refractivity contribution in [3.63, 3.8) is 0 Å². The number of rotatable bonds is 2. The van der Waals surface area contributed by atoms with Crippen molar-refractivity contribution in [2.75, 3.05) is 6.54 Å². The molecule has 1 aliphatic heterocycles. The van der Waals surface area contributed by atoms with Gasteiger partial charge in [-0.05, 0) is 11.7 Å². The van der Waals surface area contributed by atoms with Gasteiger partial charge >= 0.3 is 0 Å². The van der Waals surface area contributed by atoms with E-state index in [2.05, 4.69) is 25.3 Å². The summed E-state index contributed by atoms with van der Waals surface area (Å²) < 4.78 is 35.9. The van der Waals surface area contributed by atoms with Gasteiger partial charge in [-0.15, -0.1) is 10.2 Å². The molecule has 0 bridgehead atoms.